The Labute approximate surface area is 216 Å². The van der Waals surface area contributed by atoms with E-state index in [1.165, 1.54) is 0 Å². The van der Waals surface area contributed by atoms with Gasteiger partial charge in [0.15, 0.2) is 0 Å². The third-order valence-corrected chi connectivity index (χ3v) is 5.97. The zero-order valence-electron chi connectivity index (χ0n) is 19.9. The van der Waals surface area contributed by atoms with Gasteiger partial charge < -0.3 is 19.6 Å². The van der Waals surface area contributed by atoms with Crippen LogP contribution in [0.2, 0.25) is 5.02 Å². The van der Waals surface area contributed by atoms with Crippen molar-refractivity contribution in [3.8, 4) is 17.6 Å². The van der Waals surface area contributed by atoms with E-state index in [1.54, 1.807) is 0 Å². The maximum Gasteiger partial charge on any atom is 0.330 e. The number of hydrogen-bond acceptors (Lipinski definition) is 6. The van der Waals surface area contributed by atoms with Crippen LogP contribution in [-0.2, 0) is 19.1 Å². The molecule has 0 heterocycles. The maximum absolute atomic E-state index is 11.4. The summed E-state index contributed by atoms with van der Waals surface area (Å²) in [5, 5.41) is 8.95. The average Bonchev–Trinajstić information content (AvgIpc) is 2.88. The Morgan fingerprint density at radius 1 is 1.03 bits per heavy atom. The summed E-state index contributed by atoms with van der Waals surface area (Å²) in [5.41, 5.74) is 3.01. The van der Waals surface area contributed by atoms with Crippen LogP contribution in [0.4, 0.5) is 0 Å². The fraction of sp³-hybridized carbons (Fsp3) is 0.276. The van der Waals surface area contributed by atoms with Crippen LogP contribution >= 0.6 is 11.6 Å². The summed E-state index contributed by atoms with van der Waals surface area (Å²) in [6.45, 7) is 7.46. The van der Waals surface area contributed by atoms with Crippen LogP contribution in [0.25, 0.3) is 0 Å². The van der Waals surface area contributed by atoms with Crippen molar-refractivity contribution in [2.45, 2.75) is 37.7 Å². The third-order valence-electron chi connectivity index (χ3n) is 5.65. The highest BCUT2D eigenvalue weighted by molar-refractivity contribution is 6.31. The van der Waals surface area contributed by atoms with Crippen molar-refractivity contribution < 1.29 is 23.8 Å². The van der Waals surface area contributed by atoms with Gasteiger partial charge in [0.2, 0.25) is 0 Å². The molecule has 7 heteroatoms. The quantitative estimate of drug-likeness (QED) is 0.207. The molecule has 1 aliphatic rings. The fourth-order valence-electron chi connectivity index (χ4n) is 3.80. The molecule has 2 aromatic carbocycles. The SMILES string of the molecule is C=CC(=O)OCCCOc1ccc(C#Cc2ccc(C3CCC(OC(=O)C=C)CC3=N)cc2Cl)cc1. The Kier molecular flexibility index (Phi) is 9.91. The number of carbonyl (C=O) groups is 2. The first-order valence-electron chi connectivity index (χ1n) is 11.6. The Balaban J connectivity index is 1.54. The molecule has 2 aromatic rings. The molecule has 36 heavy (non-hydrogen) atoms. The summed E-state index contributed by atoms with van der Waals surface area (Å²) < 4.78 is 15.8. The van der Waals surface area contributed by atoms with Crippen molar-refractivity contribution in [2.75, 3.05) is 13.2 Å². The third kappa shape index (κ3) is 7.86. The Hall–Kier alpha value is -3.82. The molecular weight excluding hydrogens is 478 g/mol. The van der Waals surface area contributed by atoms with Gasteiger partial charge in [0.05, 0.1) is 18.2 Å². The van der Waals surface area contributed by atoms with Crippen LogP contribution in [0.5, 0.6) is 5.75 Å². The molecule has 1 fully saturated rings. The van der Waals surface area contributed by atoms with Gasteiger partial charge in [0, 0.05) is 47.8 Å². The van der Waals surface area contributed by atoms with Gasteiger partial charge in [0.1, 0.15) is 11.9 Å². The summed E-state index contributed by atoms with van der Waals surface area (Å²) in [6.07, 6.45) is 4.39. The summed E-state index contributed by atoms with van der Waals surface area (Å²) in [7, 11) is 0. The van der Waals surface area contributed by atoms with Crippen LogP contribution in [0.3, 0.4) is 0 Å². The lowest BCUT2D eigenvalue weighted by molar-refractivity contribution is -0.143. The maximum atomic E-state index is 11.4. The topological polar surface area (TPSA) is 85.7 Å². The Bertz CT molecular complexity index is 1190. The molecule has 0 aromatic heterocycles. The highest BCUT2D eigenvalue weighted by atomic mass is 35.5. The van der Waals surface area contributed by atoms with Crippen LogP contribution in [0, 0.1) is 17.3 Å². The van der Waals surface area contributed by atoms with Crippen molar-refractivity contribution in [1.29, 1.82) is 5.41 Å². The monoisotopic (exact) mass is 505 g/mol. The minimum Gasteiger partial charge on any atom is -0.493 e. The molecule has 6 nitrogen and oxygen atoms in total. The second kappa shape index (κ2) is 13.3. The van der Waals surface area contributed by atoms with E-state index in [4.69, 9.17) is 31.2 Å². The number of carbonyl (C=O) groups excluding carboxylic acids is 2. The first-order chi connectivity index (χ1) is 17.4. The van der Waals surface area contributed by atoms with Gasteiger partial charge in [-0.15, -0.1) is 0 Å². The van der Waals surface area contributed by atoms with Crippen LogP contribution in [-0.4, -0.2) is 37.0 Å². The lowest BCUT2D eigenvalue weighted by Gasteiger charge is -2.29. The predicted molar refractivity (Wildman–Crippen MR) is 140 cm³/mol. The summed E-state index contributed by atoms with van der Waals surface area (Å²) >= 11 is 6.51. The van der Waals surface area contributed by atoms with Gasteiger partial charge in [-0.3, -0.25) is 0 Å². The second-order valence-corrected chi connectivity index (χ2v) is 8.62. The predicted octanol–water partition coefficient (Wildman–Crippen LogP) is 5.62. The number of rotatable bonds is 9. The van der Waals surface area contributed by atoms with Gasteiger partial charge in [-0.05, 0) is 54.8 Å². The lowest BCUT2D eigenvalue weighted by atomic mass is 9.81. The number of halogens is 1. The molecule has 1 aliphatic carbocycles. The smallest absolute Gasteiger partial charge is 0.330 e. The molecule has 2 atom stereocenters. The molecular formula is C29H28ClNO5. The molecule has 0 saturated heterocycles. The minimum absolute atomic E-state index is 0.0511. The first-order valence-corrected chi connectivity index (χ1v) is 12.0. The van der Waals surface area contributed by atoms with Gasteiger partial charge in [-0.2, -0.15) is 0 Å². The standard InChI is InChI=1S/C29H28ClNO5/c1-3-28(32)35-17-5-16-34-23-12-7-20(8-13-23)6-9-21-10-11-22(18-26(21)30)25-15-14-24(19-27(25)31)36-29(33)4-2/h3-4,7-8,10-13,18,24-25,31H,1-2,5,14-17,19H2. The molecule has 0 radical (unpaired) electrons. The molecule has 3 rings (SSSR count). The first kappa shape index (κ1) is 26.8. The molecule has 0 spiro atoms. The van der Waals surface area contributed by atoms with Crippen LogP contribution in [0.1, 0.15) is 48.3 Å². The zero-order valence-corrected chi connectivity index (χ0v) is 20.7. The molecule has 2 unspecified atom stereocenters. The largest absolute Gasteiger partial charge is 0.493 e. The molecule has 0 bridgehead atoms. The van der Waals surface area contributed by atoms with Crippen LogP contribution < -0.4 is 4.74 Å². The van der Waals surface area contributed by atoms with E-state index in [-0.39, 0.29) is 18.6 Å². The molecule has 1 N–H and O–H groups in total. The molecule has 1 saturated carbocycles. The number of benzene rings is 2. The van der Waals surface area contributed by atoms with Gasteiger partial charge in [-0.25, -0.2) is 9.59 Å². The van der Waals surface area contributed by atoms with Crippen LogP contribution in [0.15, 0.2) is 67.8 Å². The van der Waals surface area contributed by atoms with Crippen molar-refractivity contribution in [3.05, 3.63) is 89.5 Å². The van der Waals surface area contributed by atoms with E-state index in [1.807, 2.05) is 42.5 Å². The van der Waals surface area contributed by atoms with E-state index in [0.29, 0.717) is 54.3 Å². The van der Waals surface area contributed by atoms with Crippen molar-refractivity contribution in [1.82, 2.24) is 0 Å². The van der Waals surface area contributed by atoms with Crippen molar-refractivity contribution in [3.63, 3.8) is 0 Å². The van der Waals surface area contributed by atoms with E-state index in [0.717, 1.165) is 23.3 Å². The van der Waals surface area contributed by atoms with Gasteiger partial charge in [0.25, 0.3) is 0 Å². The fourth-order valence-corrected chi connectivity index (χ4v) is 4.04. The number of nitrogens with one attached hydrogen (secondary N) is 1. The molecule has 0 aliphatic heterocycles. The summed E-state index contributed by atoms with van der Waals surface area (Å²) in [4.78, 5) is 22.4. The summed E-state index contributed by atoms with van der Waals surface area (Å²) in [5.74, 6) is 5.96. The van der Waals surface area contributed by atoms with E-state index >= 15 is 0 Å². The highest BCUT2D eigenvalue weighted by Crippen LogP contribution is 2.33. The second-order valence-electron chi connectivity index (χ2n) is 8.21. The summed E-state index contributed by atoms with van der Waals surface area (Å²) in [6, 6.07) is 13.1. The Morgan fingerprint density at radius 3 is 2.44 bits per heavy atom. The number of esters is 2. The number of hydrogen-bond donors (Lipinski definition) is 1. The van der Waals surface area contributed by atoms with E-state index in [9.17, 15) is 9.59 Å². The average molecular weight is 506 g/mol. The van der Waals surface area contributed by atoms with Crippen molar-refractivity contribution >= 4 is 29.3 Å². The normalized spacial score (nSPS) is 16.8. The lowest BCUT2D eigenvalue weighted by Crippen LogP contribution is -2.29. The number of ether oxygens (including phenoxy) is 3. The van der Waals surface area contributed by atoms with E-state index in [2.05, 4.69) is 25.0 Å². The van der Waals surface area contributed by atoms with Gasteiger partial charge >= 0.3 is 11.9 Å². The van der Waals surface area contributed by atoms with E-state index < -0.39 is 11.9 Å². The van der Waals surface area contributed by atoms with Crippen molar-refractivity contribution in [2.24, 2.45) is 0 Å². The van der Waals surface area contributed by atoms with Gasteiger partial charge in [-0.1, -0.05) is 42.7 Å². The molecule has 0 amide bonds. The minimum atomic E-state index is -0.455. The zero-order chi connectivity index (χ0) is 25.9. The highest BCUT2D eigenvalue weighted by Gasteiger charge is 2.29. The molecule has 186 valence electrons. The Morgan fingerprint density at radius 2 is 1.78 bits per heavy atom.